The average Bonchev–Trinajstić information content (AvgIpc) is 3.25. The Morgan fingerprint density at radius 3 is 2.33 bits per heavy atom. The highest BCUT2D eigenvalue weighted by atomic mass is 32.2. The van der Waals surface area contributed by atoms with Gasteiger partial charge in [-0.3, -0.25) is 19.3 Å². The van der Waals surface area contributed by atoms with Gasteiger partial charge in [0.15, 0.2) is 17.2 Å². The van der Waals surface area contributed by atoms with Gasteiger partial charge in [-0.25, -0.2) is 0 Å². The van der Waals surface area contributed by atoms with Gasteiger partial charge in [0.2, 0.25) is 5.91 Å². The van der Waals surface area contributed by atoms with E-state index in [-0.39, 0.29) is 34.6 Å². The van der Waals surface area contributed by atoms with Crippen LogP contribution in [0, 0.1) is 0 Å². The van der Waals surface area contributed by atoms with Gasteiger partial charge in [-0.05, 0) is 71.1 Å². The first-order valence-electron chi connectivity index (χ1n) is 13.0. The number of carbonyl (C=O) groups excluding carboxylic acids is 3. The molecule has 1 aliphatic rings. The first kappa shape index (κ1) is 29.7. The molecule has 0 unspecified atom stereocenters. The van der Waals surface area contributed by atoms with Gasteiger partial charge in [-0.2, -0.15) is 8.42 Å². The van der Waals surface area contributed by atoms with Crippen LogP contribution in [0.3, 0.4) is 0 Å². The number of hydrogen-bond acceptors (Lipinski definition) is 9. The fourth-order valence-electron chi connectivity index (χ4n) is 4.38. The summed E-state index contributed by atoms with van der Waals surface area (Å²) in [7, 11) is -2.78. The second kappa shape index (κ2) is 12.6. The summed E-state index contributed by atoms with van der Waals surface area (Å²) in [5.74, 6) is 0.167. The summed E-state index contributed by atoms with van der Waals surface area (Å²) in [6, 6.07) is 23.0. The van der Waals surface area contributed by atoms with Crippen molar-refractivity contribution in [3.05, 3.63) is 95.4 Å². The number of methoxy groups -OCH3 is 1. The minimum atomic E-state index is -4.30. The summed E-state index contributed by atoms with van der Waals surface area (Å²) in [5.41, 5.74) is 0.759. The van der Waals surface area contributed by atoms with Gasteiger partial charge >= 0.3 is 10.1 Å². The molecule has 1 heterocycles. The zero-order valence-corrected chi connectivity index (χ0v) is 24.7. The molecule has 0 radical (unpaired) electrons. The molecular formula is C31H26N2O8S2. The molecule has 3 amide bonds. The van der Waals surface area contributed by atoms with Crippen molar-refractivity contribution in [1.29, 1.82) is 0 Å². The second-order valence-corrected chi connectivity index (χ2v) is 11.8. The monoisotopic (exact) mass is 618 g/mol. The fourth-order valence-corrected chi connectivity index (χ4v) is 6.17. The Labute approximate surface area is 252 Å². The molecule has 1 saturated heterocycles. The van der Waals surface area contributed by atoms with Gasteiger partial charge in [0, 0.05) is 18.2 Å². The molecule has 5 rings (SSSR count). The number of carbonyl (C=O) groups is 3. The molecule has 1 N–H and O–H groups in total. The van der Waals surface area contributed by atoms with E-state index in [1.54, 1.807) is 42.5 Å². The highest BCUT2D eigenvalue weighted by Gasteiger charge is 2.35. The first-order chi connectivity index (χ1) is 20.7. The molecule has 0 atom stereocenters. The lowest BCUT2D eigenvalue weighted by Crippen LogP contribution is -2.32. The summed E-state index contributed by atoms with van der Waals surface area (Å²) < 4.78 is 43.0. The zero-order valence-electron chi connectivity index (χ0n) is 23.1. The molecule has 0 saturated carbocycles. The maximum atomic E-state index is 13.3. The van der Waals surface area contributed by atoms with Crippen molar-refractivity contribution >= 4 is 61.5 Å². The van der Waals surface area contributed by atoms with Crippen LogP contribution in [0.25, 0.3) is 16.8 Å². The Morgan fingerprint density at radius 1 is 0.907 bits per heavy atom. The largest absolute Gasteiger partial charge is 0.493 e. The van der Waals surface area contributed by atoms with E-state index in [4.69, 9.17) is 13.7 Å². The zero-order chi connectivity index (χ0) is 30.6. The lowest BCUT2D eigenvalue weighted by molar-refractivity contribution is -0.123. The number of para-hydroxylation sites is 2. The molecule has 1 aliphatic heterocycles. The number of rotatable bonds is 10. The van der Waals surface area contributed by atoms with Gasteiger partial charge in [0.25, 0.3) is 11.1 Å². The van der Waals surface area contributed by atoms with Gasteiger partial charge < -0.3 is 19.0 Å². The molecule has 4 aromatic rings. The number of benzene rings is 4. The van der Waals surface area contributed by atoms with Crippen molar-refractivity contribution in [3.8, 4) is 17.2 Å². The quantitative estimate of drug-likeness (QED) is 0.176. The van der Waals surface area contributed by atoms with Gasteiger partial charge in [0.05, 0.1) is 18.6 Å². The Bertz CT molecular complexity index is 1850. The maximum Gasteiger partial charge on any atom is 0.339 e. The molecule has 10 nitrogen and oxygen atoms in total. The van der Waals surface area contributed by atoms with Crippen LogP contribution in [0.4, 0.5) is 10.5 Å². The number of nitrogens with zero attached hydrogens (tertiary/aromatic N) is 1. The summed E-state index contributed by atoms with van der Waals surface area (Å²) in [6.07, 6.45) is 1.47. The van der Waals surface area contributed by atoms with Crippen molar-refractivity contribution in [2.75, 3.05) is 25.6 Å². The minimum absolute atomic E-state index is 0.00180. The van der Waals surface area contributed by atoms with E-state index in [9.17, 15) is 22.8 Å². The van der Waals surface area contributed by atoms with Crippen LogP contribution in [0.15, 0.2) is 94.7 Å². The van der Waals surface area contributed by atoms with E-state index in [0.717, 1.165) is 22.0 Å². The van der Waals surface area contributed by atoms with Crippen LogP contribution >= 0.6 is 11.8 Å². The van der Waals surface area contributed by atoms with Crippen molar-refractivity contribution in [1.82, 2.24) is 4.90 Å². The van der Waals surface area contributed by atoms with E-state index >= 15 is 0 Å². The van der Waals surface area contributed by atoms with Crippen molar-refractivity contribution in [3.63, 3.8) is 0 Å². The first-order valence-corrected chi connectivity index (χ1v) is 15.2. The van der Waals surface area contributed by atoms with Crippen LogP contribution in [0.1, 0.15) is 12.5 Å². The molecule has 0 aromatic heterocycles. The standard InChI is InChI=1S/C31H26N2O8S2/c1-20(34)32-22-12-14-23(15-13-22)43(37,38)41-26-16-11-21-7-3-4-8-24(21)25(26)19-29-30(35)33(31(36)42-29)17-18-40-28-10-6-5-9-27(28)39-2/h3-16,19H,17-18H2,1-2H3,(H,32,34)/b29-19-. The molecule has 12 heteroatoms. The van der Waals surface area contributed by atoms with Crippen LogP contribution in [-0.4, -0.2) is 50.6 Å². The second-order valence-electron chi connectivity index (χ2n) is 9.27. The van der Waals surface area contributed by atoms with Crippen LogP contribution in [0.5, 0.6) is 17.2 Å². The number of ether oxygens (including phenoxy) is 2. The predicted octanol–water partition coefficient (Wildman–Crippen LogP) is 5.69. The molecule has 1 fully saturated rings. The molecule has 43 heavy (non-hydrogen) atoms. The Kier molecular flexibility index (Phi) is 8.69. The molecule has 220 valence electrons. The lowest BCUT2D eigenvalue weighted by Gasteiger charge is -2.15. The smallest absolute Gasteiger partial charge is 0.339 e. The molecule has 0 aliphatic carbocycles. The van der Waals surface area contributed by atoms with E-state index < -0.39 is 21.3 Å². The third-order valence-corrected chi connectivity index (χ3v) is 8.54. The number of fused-ring (bicyclic) bond motifs is 1. The highest BCUT2D eigenvalue weighted by Crippen LogP contribution is 2.38. The van der Waals surface area contributed by atoms with Gasteiger partial charge in [-0.1, -0.05) is 42.5 Å². The van der Waals surface area contributed by atoms with E-state index in [2.05, 4.69) is 5.32 Å². The molecule has 0 bridgehead atoms. The van der Waals surface area contributed by atoms with E-state index in [0.29, 0.717) is 28.1 Å². The Morgan fingerprint density at radius 2 is 1.60 bits per heavy atom. The number of nitrogens with one attached hydrogen (secondary N) is 1. The maximum absolute atomic E-state index is 13.3. The molecular weight excluding hydrogens is 592 g/mol. The lowest BCUT2D eigenvalue weighted by atomic mass is 10.0. The third kappa shape index (κ3) is 6.65. The topological polar surface area (TPSA) is 128 Å². The molecule has 0 spiro atoms. The van der Waals surface area contributed by atoms with Crippen LogP contribution in [-0.2, 0) is 19.7 Å². The van der Waals surface area contributed by atoms with E-state index in [1.807, 2.05) is 12.1 Å². The number of hydrogen-bond donors (Lipinski definition) is 1. The third-order valence-electron chi connectivity index (χ3n) is 6.38. The SMILES string of the molecule is COc1ccccc1OCCN1C(=O)S/C(=C\c2c(OS(=O)(=O)c3ccc(NC(C)=O)cc3)ccc3ccccc23)C1=O. The predicted molar refractivity (Wildman–Crippen MR) is 164 cm³/mol. The van der Waals surface area contributed by atoms with Crippen molar-refractivity contribution in [2.24, 2.45) is 0 Å². The minimum Gasteiger partial charge on any atom is -0.493 e. The molecule has 4 aromatic carbocycles. The van der Waals surface area contributed by atoms with Crippen LogP contribution < -0.4 is 19.0 Å². The van der Waals surface area contributed by atoms with Crippen molar-refractivity contribution < 1.29 is 36.5 Å². The number of thioether (sulfide) groups is 1. The average molecular weight is 619 g/mol. The Hall–Kier alpha value is -4.81. The fraction of sp³-hybridized carbons (Fsp3) is 0.129. The Balaban J connectivity index is 1.41. The highest BCUT2D eigenvalue weighted by molar-refractivity contribution is 8.18. The summed E-state index contributed by atoms with van der Waals surface area (Å²) in [5, 5.41) is 3.51. The number of imide groups is 1. The summed E-state index contributed by atoms with van der Waals surface area (Å²) in [4.78, 5) is 38.5. The summed E-state index contributed by atoms with van der Waals surface area (Å²) in [6.45, 7) is 1.40. The van der Waals surface area contributed by atoms with Crippen LogP contribution in [0.2, 0.25) is 0 Å². The number of amides is 3. The number of anilines is 1. The van der Waals surface area contributed by atoms with Gasteiger partial charge in [-0.15, -0.1) is 0 Å². The van der Waals surface area contributed by atoms with Gasteiger partial charge in [0.1, 0.15) is 11.5 Å². The van der Waals surface area contributed by atoms with Crippen molar-refractivity contribution in [2.45, 2.75) is 11.8 Å². The summed E-state index contributed by atoms with van der Waals surface area (Å²) >= 11 is 0.747. The van der Waals surface area contributed by atoms with E-state index in [1.165, 1.54) is 50.4 Å². The normalized spacial score (nSPS) is 14.3.